The molecule has 0 bridgehead atoms. The smallest absolute Gasteiger partial charge is 0.270 e. The highest BCUT2D eigenvalue weighted by molar-refractivity contribution is 7.09. The average molecular weight is 372 g/mol. The second kappa shape index (κ2) is 8.05. The summed E-state index contributed by atoms with van der Waals surface area (Å²) in [4.78, 5) is 25.9. The number of nitrogens with two attached hydrogens (primary N) is 1. The number of carbonyl (C=O) groups excluding carboxylic acids is 1. The molecule has 8 nitrogen and oxygen atoms in total. The van der Waals surface area contributed by atoms with Crippen molar-refractivity contribution in [1.82, 2.24) is 25.4 Å². The molecule has 0 saturated carbocycles. The lowest BCUT2D eigenvalue weighted by atomic mass is 10.1. The lowest BCUT2D eigenvalue weighted by molar-refractivity contribution is 0.0941. The van der Waals surface area contributed by atoms with Gasteiger partial charge in [0, 0.05) is 17.0 Å². The normalized spacial score (nSPS) is 11.0. The van der Waals surface area contributed by atoms with Gasteiger partial charge in [-0.15, -0.1) is 11.3 Å². The Kier molecular flexibility index (Phi) is 5.57. The molecule has 0 aliphatic carbocycles. The maximum atomic E-state index is 12.3. The molecule has 0 aromatic carbocycles. The van der Waals surface area contributed by atoms with E-state index in [9.17, 15) is 4.79 Å². The van der Waals surface area contributed by atoms with E-state index >= 15 is 0 Å². The zero-order valence-electron chi connectivity index (χ0n) is 14.6. The highest BCUT2D eigenvalue weighted by atomic mass is 32.1. The summed E-state index contributed by atoms with van der Waals surface area (Å²) in [6.45, 7) is 4.27. The molecular formula is C17H20N6O2S. The van der Waals surface area contributed by atoms with Gasteiger partial charge >= 0.3 is 0 Å². The monoisotopic (exact) mass is 372 g/mol. The van der Waals surface area contributed by atoms with E-state index in [4.69, 9.17) is 10.3 Å². The van der Waals surface area contributed by atoms with Gasteiger partial charge in [0.1, 0.15) is 5.69 Å². The largest absolute Gasteiger partial charge is 0.368 e. The Labute approximate surface area is 154 Å². The molecule has 0 radical (unpaired) electrons. The lowest BCUT2D eigenvalue weighted by Crippen LogP contribution is -2.25. The van der Waals surface area contributed by atoms with Crippen molar-refractivity contribution < 1.29 is 9.32 Å². The molecule has 9 heteroatoms. The fourth-order valence-electron chi connectivity index (χ4n) is 2.41. The predicted octanol–water partition coefficient (Wildman–Crippen LogP) is 2.22. The average Bonchev–Trinajstić information content (AvgIpc) is 3.24. The fourth-order valence-corrected chi connectivity index (χ4v) is 3.11. The van der Waals surface area contributed by atoms with Crippen molar-refractivity contribution >= 4 is 23.2 Å². The van der Waals surface area contributed by atoms with Crippen molar-refractivity contribution in [2.24, 2.45) is 5.92 Å². The molecule has 3 heterocycles. The highest BCUT2D eigenvalue weighted by Crippen LogP contribution is 2.13. The van der Waals surface area contributed by atoms with Crippen molar-refractivity contribution in [2.45, 2.75) is 33.2 Å². The molecule has 3 aromatic rings. The van der Waals surface area contributed by atoms with E-state index in [2.05, 4.69) is 39.3 Å². The zero-order valence-corrected chi connectivity index (χ0v) is 15.4. The molecule has 0 aliphatic rings. The number of hydrogen-bond acceptors (Lipinski definition) is 8. The predicted molar refractivity (Wildman–Crippen MR) is 97.6 cm³/mol. The summed E-state index contributed by atoms with van der Waals surface area (Å²) in [7, 11) is 0. The molecule has 3 rings (SSSR count). The molecule has 0 spiro atoms. The molecule has 0 aliphatic heterocycles. The molecule has 3 aromatic heterocycles. The van der Waals surface area contributed by atoms with E-state index < -0.39 is 0 Å². The highest BCUT2D eigenvalue weighted by Gasteiger charge is 2.14. The summed E-state index contributed by atoms with van der Waals surface area (Å²) >= 11 is 1.63. The van der Waals surface area contributed by atoms with Crippen molar-refractivity contribution in [1.29, 1.82) is 0 Å². The molecule has 0 saturated heterocycles. The number of anilines is 1. The minimum absolute atomic E-state index is 0.0873. The molecule has 136 valence electrons. The van der Waals surface area contributed by atoms with Gasteiger partial charge < -0.3 is 15.6 Å². The van der Waals surface area contributed by atoms with Gasteiger partial charge in [-0.2, -0.15) is 4.98 Å². The summed E-state index contributed by atoms with van der Waals surface area (Å²) in [6, 6.07) is 5.64. The summed E-state index contributed by atoms with van der Waals surface area (Å²) in [6.07, 6.45) is 1.33. The van der Waals surface area contributed by atoms with E-state index in [1.807, 2.05) is 17.5 Å². The van der Waals surface area contributed by atoms with E-state index in [1.165, 1.54) is 0 Å². The van der Waals surface area contributed by atoms with Crippen LogP contribution in [0.2, 0.25) is 0 Å². The van der Waals surface area contributed by atoms with Crippen LogP contribution in [0.15, 0.2) is 28.1 Å². The molecule has 0 fully saturated rings. The van der Waals surface area contributed by atoms with Crippen molar-refractivity contribution in [2.75, 3.05) is 5.73 Å². The molecule has 1 amide bonds. The summed E-state index contributed by atoms with van der Waals surface area (Å²) in [5.74, 6) is 1.06. The Hall–Kier alpha value is -2.81. The number of hydrogen-bond donors (Lipinski definition) is 2. The topological polar surface area (TPSA) is 120 Å². The Morgan fingerprint density at radius 2 is 2.19 bits per heavy atom. The minimum Gasteiger partial charge on any atom is -0.368 e. The van der Waals surface area contributed by atoms with Crippen LogP contribution in [0, 0.1) is 5.92 Å². The van der Waals surface area contributed by atoms with Crippen LogP contribution in [-0.2, 0) is 19.4 Å². The van der Waals surface area contributed by atoms with Crippen LogP contribution in [0.4, 0.5) is 5.95 Å². The summed E-state index contributed by atoms with van der Waals surface area (Å²) in [5, 5.41) is 8.64. The first kappa shape index (κ1) is 18.0. The molecule has 0 atom stereocenters. The number of rotatable bonds is 7. The second-order valence-corrected chi connectivity index (χ2v) is 7.28. The Bertz CT molecular complexity index is 875. The molecule has 3 N–H and O–H groups in total. The quantitative estimate of drug-likeness (QED) is 0.652. The Morgan fingerprint density at radius 3 is 2.92 bits per heavy atom. The maximum absolute atomic E-state index is 12.3. The second-order valence-electron chi connectivity index (χ2n) is 6.24. The minimum atomic E-state index is -0.359. The first-order valence-corrected chi connectivity index (χ1v) is 9.13. The van der Waals surface area contributed by atoms with Crippen LogP contribution in [0.1, 0.15) is 46.6 Å². The first-order valence-electron chi connectivity index (χ1n) is 8.25. The van der Waals surface area contributed by atoms with E-state index in [0.29, 0.717) is 24.1 Å². The lowest BCUT2D eigenvalue weighted by Gasteiger charge is -2.07. The summed E-state index contributed by atoms with van der Waals surface area (Å²) < 4.78 is 5.17. The number of nitrogen functional groups attached to an aromatic ring is 1. The number of amides is 1. The van der Waals surface area contributed by atoms with Crippen LogP contribution in [-0.4, -0.2) is 26.0 Å². The van der Waals surface area contributed by atoms with Gasteiger partial charge in [-0.3, -0.25) is 4.79 Å². The van der Waals surface area contributed by atoms with E-state index in [1.54, 1.807) is 17.4 Å². The van der Waals surface area contributed by atoms with Gasteiger partial charge in [0.05, 0.1) is 6.54 Å². The number of nitrogens with zero attached hydrogens (tertiary/aromatic N) is 4. The number of aromatic nitrogens is 4. The van der Waals surface area contributed by atoms with E-state index in [0.717, 1.165) is 17.0 Å². The number of nitrogens with one attached hydrogen (secondary N) is 1. The van der Waals surface area contributed by atoms with Gasteiger partial charge in [0.25, 0.3) is 5.91 Å². The molecule has 26 heavy (non-hydrogen) atoms. The van der Waals surface area contributed by atoms with Gasteiger partial charge in [-0.1, -0.05) is 25.1 Å². The molecule has 0 unspecified atom stereocenters. The van der Waals surface area contributed by atoms with E-state index in [-0.39, 0.29) is 24.1 Å². The van der Waals surface area contributed by atoms with Crippen LogP contribution < -0.4 is 11.1 Å². The first-order chi connectivity index (χ1) is 12.5. The fraction of sp³-hybridized carbons (Fsp3) is 0.353. The third kappa shape index (κ3) is 4.85. The van der Waals surface area contributed by atoms with Crippen LogP contribution in [0.5, 0.6) is 0 Å². The number of carbonyl (C=O) groups is 1. The SMILES string of the molecule is CC(C)Cc1cc(C(=O)NCc2nc(Cc3cccs3)no2)nc(N)n1. The number of thiophene rings is 1. The summed E-state index contributed by atoms with van der Waals surface area (Å²) in [5.41, 5.74) is 6.68. The molecular weight excluding hydrogens is 352 g/mol. The Morgan fingerprint density at radius 1 is 1.35 bits per heavy atom. The van der Waals surface area contributed by atoms with Gasteiger partial charge in [0.2, 0.25) is 11.8 Å². The van der Waals surface area contributed by atoms with Crippen LogP contribution >= 0.6 is 11.3 Å². The third-order valence-electron chi connectivity index (χ3n) is 3.47. The van der Waals surface area contributed by atoms with Crippen molar-refractivity contribution in [3.8, 4) is 0 Å². The van der Waals surface area contributed by atoms with Gasteiger partial charge in [-0.25, -0.2) is 9.97 Å². The Balaban J connectivity index is 1.60. The van der Waals surface area contributed by atoms with Crippen molar-refractivity contribution in [3.63, 3.8) is 0 Å². The standard InChI is InChI=1S/C17H20N6O2S/c1-10(2)6-11-7-13(21-17(18)20-11)16(24)19-9-15-22-14(23-25-15)8-12-4-3-5-26-12/h3-5,7,10H,6,8-9H2,1-2H3,(H,19,24)(H2,18,20,21). The maximum Gasteiger partial charge on any atom is 0.270 e. The third-order valence-corrected chi connectivity index (χ3v) is 4.35. The van der Waals surface area contributed by atoms with Crippen molar-refractivity contribution in [3.05, 3.63) is 51.6 Å². The zero-order chi connectivity index (χ0) is 18.5. The van der Waals surface area contributed by atoms with Crippen LogP contribution in [0.3, 0.4) is 0 Å². The van der Waals surface area contributed by atoms with Crippen LogP contribution in [0.25, 0.3) is 0 Å². The van der Waals surface area contributed by atoms with Gasteiger partial charge in [0.15, 0.2) is 5.82 Å². The van der Waals surface area contributed by atoms with Gasteiger partial charge in [-0.05, 0) is 29.9 Å².